The van der Waals surface area contributed by atoms with Crippen molar-refractivity contribution in [1.82, 2.24) is 10.3 Å². The number of hydrogen-bond acceptors (Lipinski definition) is 4. The molecular formula is C17H20ClN3O2S. The summed E-state index contributed by atoms with van der Waals surface area (Å²) in [5.74, 6) is -0.0851. The predicted molar refractivity (Wildman–Crippen MR) is 97.8 cm³/mol. The largest absolute Gasteiger partial charge is 0.342 e. The summed E-state index contributed by atoms with van der Waals surface area (Å²) in [4.78, 5) is 29.1. The zero-order valence-electron chi connectivity index (χ0n) is 13.9. The number of carbonyl (C=O) groups excluding carboxylic acids is 2. The van der Waals surface area contributed by atoms with E-state index < -0.39 is 0 Å². The van der Waals surface area contributed by atoms with Crippen LogP contribution in [-0.2, 0) is 11.2 Å². The highest BCUT2D eigenvalue weighted by atomic mass is 35.5. The molecule has 24 heavy (non-hydrogen) atoms. The number of nitrogens with one attached hydrogen (secondary N) is 2. The van der Waals surface area contributed by atoms with Crippen LogP contribution in [0.25, 0.3) is 0 Å². The fourth-order valence-corrected chi connectivity index (χ4v) is 3.40. The Bertz CT molecular complexity index is 726. The number of thiazole rings is 1. The van der Waals surface area contributed by atoms with E-state index in [9.17, 15) is 9.59 Å². The Hall–Kier alpha value is -1.92. The minimum absolute atomic E-state index is 0.0989. The summed E-state index contributed by atoms with van der Waals surface area (Å²) >= 11 is 7.18. The summed E-state index contributed by atoms with van der Waals surface area (Å²) in [5.41, 5.74) is 1.33. The van der Waals surface area contributed by atoms with Crippen molar-refractivity contribution >= 4 is 40.4 Å². The molecule has 2 N–H and O–H groups in total. The molecule has 2 rings (SSSR count). The van der Waals surface area contributed by atoms with Gasteiger partial charge in [-0.15, -0.1) is 11.3 Å². The van der Waals surface area contributed by atoms with E-state index in [0.717, 1.165) is 11.4 Å². The molecule has 7 heteroatoms. The Morgan fingerprint density at radius 3 is 2.54 bits per heavy atom. The number of rotatable bonds is 6. The highest BCUT2D eigenvalue weighted by Gasteiger charge is 2.16. The number of halogens is 1. The van der Waals surface area contributed by atoms with Crippen molar-refractivity contribution in [2.24, 2.45) is 5.92 Å². The van der Waals surface area contributed by atoms with Crippen LogP contribution in [0.3, 0.4) is 0 Å². The van der Waals surface area contributed by atoms with E-state index in [0.29, 0.717) is 27.2 Å². The molecule has 2 amide bonds. The Morgan fingerprint density at radius 1 is 1.25 bits per heavy atom. The van der Waals surface area contributed by atoms with Crippen LogP contribution in [0.1, 0.15) is 34.2 Å². The van der Waals surface area contributed by atoms with Gasteiger partial charge < -0.3 is 10.6 Å². The Balaban J connectivity index is 1.89. The zero-order chi connectivity index (χ0) is 17.7. The molecule has 0 fully saturated rings. The van der Waals surface area contributed by atoms with Crippen molar-refractivity contribution < 1.29 is 9.59 Å². The third-order valence-electron chi connectivity index (χ3n) is 3.17. The van der Waals surface area contributed by atoms with Crippen LogP contribution in [0.5, 0.6) is 0 Å². The predicted octanol–water partition coefficient (Wildman–Crippen LogP) is 3.67. The van der Waals surface area contributed by atoms with E-state index in [1.807, 2.05) is 6.92 Å². The first kappa shape index (κ1) is 18.4. The molecule has 0 unspecified atom stereocenters. The van der Waals surface area contributed by atoms with Gasteiger partial charge in [0.2, 0.25) is 5.91 Å². The standard InChI is InChI=1S/C17H20ClN3O2S/c1-10(2)8-15-20-11(3)16(24-15)17(23)19-9-14(22)21-13-6-4-12(18)5-7-13/h4-7,10H,8-9H2,1-3H3,(H,19,23)(H,21,22). The summed E-state index contributed by atoms with van der Waals surface area (Å²) in [5, 5.41) is 6.87. The molecule has 0 aliphatic heterocycles. The molecule has 0 atom stereocenters. The summed E-state index contributed by atoms with van der Waals surface area (Å²) in [7, 11) is 0. The summed E-state index contributed by atoms with van der Waals surface area (Å²) in [6.45, 7) is 5.93. The van der Waals surface area contributed by atoms with E-state index in [4.69, 9.17) is 11.6 Å². The molecule has 0 bridgehead atoms. The van der Waals surface area contributed by atoms with Crippen molar-refractivity contribution in [2.75, 3.05) is 11.9 Å². The molecule has 1 aromatic heterocycles. The van der Waals surface area contributed by atoms with Crippen molar-refractivity contribution in [2.45, 2.75) is 27.2 Å². The van der Waals surface area contributed by atoms with Gasteiger partial charge in [-0.2, -0.15) is 0 Å². The number of carbonyl (C=O) groups is 2. The molecular weight excluding hydrogens is 346 g/mol. The maximum Gasteiger partial charge on any atom is 0.263 e. The van der Waals surface area contributed by atoms with Crippen LogP contribution >= 0.6 is 22.9 Å². The van der Waals surface area contributed by atoms with Gasteiger partial charge in [-0.3, -0.25) is 9.59 Å². The number of hydrogen-bond donors (Lipinski definition) is 2. The monoisotopic (exact) mass is 365 g/mol. The first-order chi connectivity index (χ1) is 11.3. The average Bonchev–Trinajstić information content (AvgIpc) is 2.87. The quantitative estimate of drug-likeness (QED) is 0.820. The minimum atomic E-state index is -0.296. The fraction of sp³-hybridized carbons (Fsp3) is 0.353. The van der Waals surface area contributed by atoms with Gasteiger partial charge in [-0.05, 0) is 37.1 Å². The Labute approximate surface area is 150 Å². The smallest absolute Gasteiger partial charge is 0.263 e. The molecule has 0 radical (unpaired) electrons. The fourth-order valence-electron chi connectivity index (χ4n) is 2.08. The van der Waals surface area contributed by atoms with Crippen LogP contribution in [0, 0.1) is 12.8 Å². The summed E-state index contributed by atoms with van der Waals surface area (Å²) < 4.78 is 0. The first-order valence-electron chi connectivity index (χ1n) is 7.65. The van der Waals surface area contributed by atoms with E-state index in [-0.39, 0.29) is 18.4 Å². The van der Waals surface area contributed by atoms with Gasteiger partial charge in [0, 0.05) is 17.1 Å². The van der Waals surface area contributed by atoms with Crippen LogP contribution in [-0.4, -0.2) is 23.3 Å². The molecule has 0 aliphatic rings. The lowest BCUT2D eigenvalue weighted by molar-refractivity contribution is -0.115. The number of aromatic nitrogens is 1. The van der Waals surface area contributed by atoms with Crippen LogP contribution in [0.4, 0.5) is 5.69 Å². The highest BCUT2D eigenvalue weighted by Crippen LogP contribution is 2.20. The lowest BCUT2D eigenvalue weighted by Crippen LogP contribution is -2.32. The SMILES string of the molecule is Cc1nc(CC(C)C)sc1C(=O)NCC(=O)Nc1ccc(Cl)cc1. The van der Waals surface area contributed by atoms with Gasteiger partial charge in [-0.1, -0.05) is 25.4 Å². The number of aryl methyl sites for hydroxylation is 1. The summed E-state index contributed by atoms with van der Waals surface area (Å²) in [6, 6.07) is 6.78. The third-order valence-corrected chi connectivity index (χ3v) is 4.60. The number of amides is 2. The van der Waals surface area contributed by atoms with Crippen LogP contribution < -0.4 is 10.6 Å². The van der Waals surface area contributed by atoms with E-state index in [1.54, 1.807) is 24.3 Å². The topological polar surface area (TPSA) is 71.1 Å². The van der Waals surface area contributed by atoms with Crippen molar-refractivity contribution in [1.29, 1.82) is 0 Å². The minimum Gasteiger partial charge on any atom is -0.342 e. The normalized spacial score (nSPS) is 10.7. The summed E-state index contributed by atoms with van der Waals surface area (Å²) in [6.07, 6.45) is 0.843. The van der Waals surface area contributed by atoms with Crippen LogP contribution in [0.2, 0.25) is 5.02 Å². The van der Waals surface area contributed by atoms with Crippen molar-refractivity contribution in [3.8, 4) is 0 Å². The van der Waals surface area contributed by atoms with Crippen LogP contribution in [0.15, 0.2) is 24.3 Å². The van der Waals surface area contributed by atoms with Crippen molar-refractivity contribution in [3.63, 3.8) is 0 Å². The van der Waals surface area contributed by atoms with E-state index >= 15 is 0 Å². The number of benzene rings is 1. The average molecular weight is 366 g/mol. The lowest BCUT2D eigenvalue weighted by atomic mass is 10.1. The number of nitrogens with zero attached hydrogens (tertiary/aromatic N) is 1. The Morgan fingerprint density at radius 2 is 1.92 bits per heavy atom. The third kappa shape index (κ3) is 5.32. The zero-order valence-corrected chi connectivity index (χ0v) is 15.4. The lowest BCUT2D eigenvalue weighted by Gasteiger charge is -2.06. The Kier molecular flexibility index (Phi) is 6.34. The molecule has 0 saturated carbocycles. The molecule has 0 saturated heterocycles. The first-order valence-corrected chi connectivity index (χ1v) is 8.84. The number of anilines is 1. The maximum atomic E-state index is 12.2. The van der Waals surface area contributed by atoms with Gasteiger partial charge in [0.1, 0.15) is 4.88 Å². The molecule has 1 aromatic carbocycles. The molecule has 5 nitrogen and oxygen atoms in total. The molecule has 2 aromatic rings. The van der Waals surface area contributed by atoms with Gasteiger partial charge >= 0.3 is 0 Å². The van der Waals surface area contributed by atoms with Gasteiger partial charge in [0.05, 0.1) is 17.2 Å². The van der Waals surface area contributed by atoms with Gasteiger partial charge in [-0.25, -0.2) is 4.98 Å². The second-order valence-corrected chi connectivity index (χ2v) is 7.38. The molecule has 0 spiro atoms. The second kappa shape index (κ2) is 8.26. The highest BCUT2D eigenvalue weighted by molar-refractivity contribution is 7.13. The molecule has 0 aliphatic carbocycles. The van der Waals surface area contributed by atoms with Crippen molar-refractivity contribution in [3.05, 3.63) is 44.9 Å². The van der Waals surface area contributed by atoms with Gasteiger partial charge in [0.15, 0.2) is 0 Å². The van der Waals surface area contributed by atoms with E-state index in [2.05, 4.69) is 29.5 Å². The molecule has 1 heterocycles. The van der Waals surface area contributed by atoms with Gasteiger partial charge in [0.25, 0.3) is 5.91 Å². The maximum absolute atomic E-state index is 12.2. The second-order valence-electron chi connectivity index (χ2n) is 5.86. The van der Waals surface area contributed by atoms with E-state index in [1.165, 1.54) is 11.3 Å². The molecule has 128 valence electrons.